The Balaban J connectivity index is 2.84. The minimum atomic E-state index is -0.883. The highest BCUT2D eigenvalue weighted by atomic mass is 79.9. The van der Waals surface area contributed by atoms with Crippen LogP contribution in [-0.2, 0) is 11.3 Å². The van der Waals surface area contributed by atoms with Crippen LogP contribution in [-0.4, -0.2) is 30.1 Å². The molecule has 1 aromatic rings. The number of carboxylic acids is 1. The molecule has 0 heterocycles. The molecule has 0 aliphatic heterocycles. The molecule has 0 aliphatic rings. The van der Waals surface area contributed by atoms with E-state index in [9.17, 15) is 4.79 Å². The van der Waals surface area contributed by atoms with Gasteiger partial charge in [0.2, 0.25) is 0 Å². The molecule has 0 radical (unpaired) electrons. The highest BCUT2D eigenvalue weighted by Gasteiger charge is 2.12. The minimum Gasteiger partial charge on any atom is -0.481 e. The standard InChI is InChI=1S/C12H17BrN2O2/c1-15(2)7-9-4-3-8(5-10(9)13)11(14)6-12(16)17/h3-5,11H,6-7,14H2,1-2H3,(H,16,17). The zero-order chi connectivity index (χ0) is 13.0. The summed E-state index contributed by atoms with van der Waals surface area (Å²) in [5.41, 5.74) is 7.79. The molecule has 1 aromatic carbocycles. The molecule has 0 aliphatic carbocycles. The Kier molecular flexibility index (Phi) is 5.11. The number of hydrogen-bond acceptors (Lipinski definition) is 3. The molecule has 0 spiro atoms. The summed E-state index contributed by atoms with van der Waals surface area (Å²) in [6.45, 7) is 0.828. The summed E-state index contributed by atoms with van der Waals surface area (Å²) in [4.78, 5) is 12.6. The molecule has 3 N–H and O–H groups in total. The fourth-order valence-electron chi connectivity index (χ4n) is 1.57. The topological polar surface area (TPSA) is 66.6 Å². The van der Waals surface area contributed by atoms with Crippen molar-refractivity contribution in [1.82, 2.24) is 4.90 Å². The van der Waals surface area contributed by atoms with Crippen molar-refractivity contribution >= 4 is 21.9 Å². The van der Waals surface area contributed by atoms with Gasteiger partial charge in [0.1, 0.15) is 0 Å². The fraction of sp³-hybridized carbons (Fsp3) is 0.417. The molecule has 1 unspecified atom stereocenters. The van der Waals surface area contributed by atoms with Gasteiger partial charge in [-0.3, -0.25) is 4.79 Å². The lowest BCUT2D eigenvalue weighted by atomic mass is 10.0. The molecular weight excluding hydrogens is 284 g/mol. The Labute approximate surface area is 110 Å². The summed E-state index contributed by atoms with van der Waals surface area (Å²) in [7, 11) is 3.99. The number of nitrogens with zero attached hydrogens (tertiary/aromatic N) is 1. The first-order valence-corrected chi connectivity index (χ1v) is 6.10. The van der Waals surface area contributed by atoms with E-state index in [4.69, 9.17) is 10.8 Å². The van der Waals surface area contributed by atoms with E-state index in [2.05, 4.69) is 20.8 Å². The Morgan fingerprint density at radius 1 is 1.53 bits per heavy atom. The van der Waals surface area contributed by atoms with E-state index in [1.807, 2.05) is 32.3 Å². The van der Waals surface area contributed by atoms with Crippen LogP contribution in [0, 0.1) is 0 Å². The van der Waals surface area contributed by atoms with Gasteiger partial charge in [-0.25, -0.2) is 0 Å². The summed E-state index contributed by atoms with van der Waals surface area (Å²) in [6.07, 6.45) is -0.0561. The number of benzene rings is 1. The number of halogens is 1. The molecule has 94 valence electrons. The van der Waals surface area contributed by atoms with Crippen molar-refractivity contribution in [3.63, 3.8) is 0 Å². The van der Waals surface area contributed by atoms with Crippen LogP contribution in [0.15, 0.2) is 22.7 Å². The number of rotatable bonds is 5. The Morgan fingerprint density at radius 2 is 2.18 bits per heavy atom. The zero-order valence-electron chi connectivity index (χ0n) is 9.98. The van der Waals surface area contributed by atoms with E-state index >= 15 is 0 Å². The number of carboxylic acid groups (broad SMARTS) is 1. The third kappa shape index (κ3) is 4.46. The molecular formula is C12H17BrN2O2. The second-order valence-electron chi connectivity index (χ2n) is 4.29. The lowest BCUT2D eigenvalue weighted by molar-refractivity contribution is -0.137. The Morgan fingerprint density at radius 3 is 2.65 bits per heavy atom. The average molecular weight is 301 g/mol. The van der Waals surface area contributed by atoms with E-state index in [1.54, 1.807) is 0 Å². The van der Waals surface area contributed by atoms with Crippen molar-refractivity contribution in [2.75, 3.05) is 14.1 Å². The van der Waals surface area contributed by atoms with Crippen LogP contribution < -0.4 is 5.73 Å². The lowest BCUT2D eigenvalue weighted by Crippen LogP contribution is -2.16. The van der Waals surface area contributed by atoms with Crippen molar-refractivity contribution < 1.29 is 9.90 Å². The van der Waals surface area contributed by atoms with Crippen molar-refractivity contribution in [2.45, 2.75) is 19.0 Å². The third-order valence-electron chi connectivity index (χ3n) is 2.39. The van der Waals surface area contributed by atoms with E-state index in [0.29, 0.717) is 0 Å². The quantitative estimate of drug-likeness (QED) is 0.873. The van der Waals surface area contributed by atoms with Gasteiger partial charge in [0, 0.05) is 17.1 Å². The molecule has 0 fully saturated rings. The number of carbonyl (C=O) groups is 1. The SMILES string of the molecule is CN(C)Cc1ccc(C(N)CC(=O)O)cc1Br. The van der Waals surface area contributed by atoms with E-state index in [0.717, 1.165) is 22.1 Å². The van der Waals surface area contributed by atoms with Gasteiger partial charge in [-0.1, -0.05) is 28.1 Å². The van der Waals surface area contributed by atoms with Crippen molar-refractivity contribution in [2.24, 2.45) is 5.73 Å². The molecule has 1 atom stereocenters. The van der Waals surface area contributed by atoms with E-state index in [-0.39, 0.29) is 6.42 Å². The summed E-state index contributed by atoms with van der Waals surface area (Å²) in [6, 6.07) is 5.29. The van der Waals surface area contributed by atoms with Gasteiger partial charge in [-0.2, -0.15) is 0 Å². The monoisotopic (exact) mass is 300 g/mol. The maximum Gasteiger partial charge on any atom is 0.305 e. The number of aliphatic carboxylic acids is 1. The molecule has 0 aromatic heterocycles. The van der Waals surface area contributed by atoms with Gasteiger partial charge in [-0.15, -0.1) is 0 Å². The molecule has 4 nitrogen and oxygen atoms in total. The number of hydrogen-bond donors (Lipinski definition) is 2. The first kappa shape index (κ1) is 14.2. The van der Waals surface area contributed by atoms with Crippen LogP contribution >= 0.6 is 15.9 Å². The molecule has 0 bridgehead atoms. The maximum atomic E-state index is 10.6. The largest absolute Gasteiger partial charge is 0.481 e. The Hall–Kier alpha value is -0.910. The van der Waals surface area contributed by atoms with E-state index < -0.39 is 12.0 Å². The second kappa shape index (κ2) is 6.14. The molecule has 0 saturated heterocycles. The fourth-order valence-corrected chi connectivity index (χ4v) is 2.09. The van der Waals surface area contributed by atoms with Crippen LogP contribution in [0.3, 0.4) is 0 Å². The van der Waals surface area contributed by atoms with Crippen molar-refractivity contribution in [1.29, 1.82) is 0 Å². The second-order valence-corrected chi connectivity index (χ2v) is 5.15. The lowest BCUT2D eigenvalue weighted by Gasteiger charge is -2.14. The summed E-state index contributed by atoms with van der Waals surface area (Å²) in [5.74, 6) is -0.883. The predicted octanol–water partition coefficient (Wildman–Crippen LogP) is 1.99. The molecule has 17 heavy (non-hydrogen) atoms. The third-order valence-corrected chi connectivity index (χ3v) is 3.12. The molecule has 1 rings (SSSR count). The normalized spacial score (nSPS) is 12.8. The van der Waals surface area contributed by atoms with Gasteiger partial charge in [0.15, 0.2) is 0 Å². The van der Waals surface area contributed by atoms with Gasteiger partial charge in [-0.05, 0) is 31.3 Å². The first-order chi connectivity index (χ1) is 7.90. The molecule has 0 saturated carbocycles. The predicted molar refractivity (Wildman–Crippen MR) is 70.7 cm³/mol. The van der Waals surface area contributed by atoms with Gasteiger partial charge >= 0.3 is 5.97 Å². The smallest absolute Gasteiger partial charge is 0.305 e. The van der Waals surface area contributed by atoms with Crippen LogP contribution in [0.1, 0.15) is 23.6 Å². The molecule has 5 heteroatoms. The van der Waals surface area contributed by atoms with Crippen molar-refractivity contribution in [3.05, 3.63) is 33.8 Å². The summed E-state index contributed by atoms with van der Waals surface area (Å²) >= 11 is 3.48. The minimum absolute atomic E-state index is 0.0561. The summed E-state index contributed by atoms with van der Waals surface area (Å²) < 4.78 is 0.963. The van der Waals surface area contributed by atoms with Crippen LogP contribution in [0.5, 0.6) is 0 Å². The zero-order valence-corrected chi connectivity index (χ0v) is 11.6. The number of nitrogens with two attached hydrogens (primary N) is 1. The van der Waals surface area contributed by atoms with Crippen molar-refractivity contribution in [3.8, 4) is 0 Å². The highest BCUT2D eigenvalue weighted by molar-refractivity contribution is 9.10. The van der Waals surface area contributed by atoms with Crippen LogP contribution in [0.2, 0.25) is 0 Å². The Bertz CT molecular complexity index is 407. The first-order valence-electron chi connectivity index (χ1n) is 5.30. The van der Waals surface area contributed by atoms with Gasteiger partial charge in [0.25, 0.3) is 0 Å². The summed E-state index contributed by atoms with van der Waals surface area (Å²) in [5, 5.41) is 8.69. The maximum absolute atomic E-state index is 10.6. The van der Waals surface area contributed by atoms with Crippen LogP contribution in [0.25, 0.3) is 0 Å². The van der Waals surface area contributed by atoms with Crippen LogP contribution in [0.4, 0.5) is 0 Å². The molecule has 0 amide bonds. The average Bonchev–Trinajstić information content (AvgIpc) is 2.19. The van der Waals surface area contributed by atoms with Gasteiger partial charge in [0.05, 0.1) is 6.42 Å². The van der Waals surface area contributed by atoms with E-state index in [1.165, 1.54) is 0 Å². The van der Waals surface area contributed by atoms with Gasteiger partial charge < -0.3 is 15.7 Å². The highest BCUT2D eigenvalue weighted by Crippen LogP contribution is 2.23.